The molecule has 0 bridgehead atoms. The molecule has 1 saturated heterocycles. The van der Waals surface area contributed by atoms with E-state index in [-0.39, 0.29) is 33.8 Å². The van der Waals surface area contributed by atoms with Crippen LogP contribution in [0.3, 0.4) is 0 Å². The highest BCUT2D eigenvalue weighted by Gasteiger charge is 2.55. The van der Waals surface area contributed by atoms with Gasteiger partial charge in [0.25, 0.3) is 11.8 Å². The molecule has 2 unspecified atom stereocenters. The number of aromatic nitrogens is 1. The van der Waals surface area contributed by atoms with E-state index in [1.807, 2.05) is 0 Å². The lowest BCUT2D eigenvalue weighted by molar-refractivity contribution is -0.159. The Morgan fingerprint density at radius 1 is 1.04 bits per heavy atom. The third-order valence-electron chi connectivity index (χ3n) is 6.35. The molecule has 3 heterocycles. The minimum Gasteiger partial charge on any atom is -0.461 e. The van der Waals surface area contributed by atoms with Gasteiger partial charge < -0.3 is 19.5 Å². The fourth-order valence-electron chi connectivity index (χ4n) is 4.43. The van der Waals surface area contributed by atoms with Crippen molar-refractivity contribution in [1.82, 2.24) is 15.2 Å². The number of carbonyl (C=O) groups is 5. The number of rotatable bonds is 9. The van der Waals surface area contributed by atoms with Gasteiger partial charge in [0.15, 0.2) is 5.13 Å². The molecule has 48 heavy (non-hydrogen) atoms. The van der Waals surface area contributed by atoms with Crippen LogP contribution in [0.25, 0.3) is 5.57 Å². The SMILES string of the molecule is CC(=O)OCC1=C(C(=O)OC(C)(C)C)N2C(=O)C(NC(=O)/C(=C/S(=O)(=O)c3ccccc3)c3csc(NC(=O)OC(C)(C)C)n3)C2SC1. The maximum atomic E-state index is 13.8. The number of thiazole rings is 1. The van der Waals surface area contributed by atoms with E-state index < -0.39 is 67.9 Å². The first-order valence-electron chi connectivity index (χ1n) is 14.6. The van der Waals surface area contributed by atoms with Gasteiger partial charge in [0.05, 0.1) is 21.6 Å². The molecular weight excluding hydrogens is 685 g/mol. The maximum Gasteiger partial charge on any atom is 0.413 e. The Balaban J connectivity index is 1.64. The van der Waals surface area contributed by atoms with E-state index in [9.17, 15) is 32.4 Å². The monoisotopic (exact) mass is 720 g/mol. The van der Waals surface area contributed by atoms with Crippen LogP contribution in [0.1, 0.15) is 54.2 Å². The number of nitrogens with one attached hydrogen (secondary N) is 2. The molecule has 2 aliphatic heterocycles. The van der Waals surface area contributed by atoms with Crippen LogP contribution < -0.4 is 10.6 Å². The molecule has 2 atom stereocenters. The number of anilines is 1. The van der Waals surface area contributed by atoms with Gasteiger partial charge in [-0.2, -0.15) is 0 Å². The van der Waals surface area contributed by atoms with Crippen LogP contribution >= 0.6 is 23.1 Å². The van der Waals surface area contributed by atoms with Crippen molar-refractivity contribution in [3.63, 3.8) is 0 Å². The van der Waals surface area contributed by atoms with Gasteiger partial charge in [0.2, 0.25) is 9.84 Å². The van der Waals surface area contributed by atoms with E-state index in [0.717, 1.165) is 16.7 Å². The van der Waals surface area contributed by atoms with Crippen LogP contribution in [0, 0.1) is 0 Å². The molecule has 0 saturated carbocycles. The largest absolute Gasteiger partial charge is 0.461 e. The normalized spacial score (nSPS) is 18.4. The summed E-state index contributed by atoms with van der Waals surface area (Å²) in [4.78, 5) is 69.7. The summed E-state index contributed by atoms with van der Waals surface area (Å²) in [5.74, 6) is -2.78. The maximum absolute atomic E-state index is 13.8. The van der Waals surface area contributed by atoms with E-state index >= 15 is 0 Å². The quantitative estimate of drug-likeness (QED) is 0.165. The molecule has 0 aliphatic carbocycles. The zero-order valence-electron chi connectivity index (χ0n) is 27.3. The fraction of sp³-hybridized carbons (Fsp3) is 0.419. The van der Waals surface area contributed by atoms with Crippen molar-refractivity contribution in [1.29, 1.82) is 0 Å². The summed E-state index contributed by atoms with van der Waals surface area (Å²) < 4.78 is 42.6. The highest BCUT2D eigenvalue weighted by atomic mass is 32.2. The van der Waals surface area contributed by atoms with Gasteiger partial charge in [-0.3, -0.25) is 24.6 Å². The number of fused-ring (bicyclic) bond motifs is 1. The second-order valence-electron chi connectivity index (χ2n) is 12.6. The summed E-state index contributed by atoms with van der Waals surface area (Å²) in [5, 5.41) is 6.48. The lowest BCUT2D eigenvalue weighted by atomic mass is 10.0. The standard InChI is InChI=1S/C31H36N4O10S3/c1-17(36)43-13-18-14-46-26-22(25(38)35(26)23(18)27(39)44-30(2,3)4)33-24(37)20(16-48(41,42)19-11-9-8-10-12-19)21-15-47-28(32-21)34-29(40)45-31(5,6)7/h8-12,15-16,22,26H,13-14H2,1-7H3,(H,33,37)(H,32,34,40)/b20-16+. The molecular formula is C31H36N4O10S3. The van der Waals surface area contributed by atoms with Crippen LogP contribution in [0.4, 0.5) is 9.93 Å². The van der Waals surface area contributed by atoms with Crippen molar-refractivity contribution < 1.29 is 46.6 Å². The highest BCUT2D eigenvalue weighted by Crippen LogP contribution is 2.41. The molecule has 1 fully saturated rings. The number of nitrogens with zero attached hydrogens (tertiary/aromatic N) is 2. The summed E-state index contributed by atoms with van der Waals surface area (Å²) in [7, 11) is -4.19. The number of hydrogen-bond donors (Lipinski definition) is 2. The van der Waals surface area contributed by atoms with Crippen molar-refractivity contribution in [3.8, 4) is 0 Å². The van der Waals surface area contributed by atoms with E-state index in [1.54, 1.807) is 47.6 Å². The van der Waals surface area contributed by atoms with Crippen LogP contribution in [-0.2, 0) is 43.2 Å². The number of thioether (sulfide) groups is 1. The minimum absolute atomic E-state index is 0.0382. The fourth-order valence-corrected chi connectivity index (χ4v) is 7.66. The molecule has 258 valence electrons. The number of ether oxygens (including phenoxy) is 3. The van der Waals surface area contributed by atoms with Gasteiger partial charge in [-0.15, -0.1) is 23.1 Å². The Hall–Kier alpha value is -4.22. The predicted octanol–water partition coefficient (Wildman–Crippen LogP) is 3.86. The first-order valence-corrected chi connectivity index (χ1v) is 18.1. The lowest BCUT2D eigenvalue weighted by Crippen LogP contribution is -2.70. The first-order chi connectivity index (χ1) is 22.3. The van der Waals surface area contributed by atoms with E-state index in [2.05, 4.69) is 15.6 Å². The Bertz CT molecular complexity index is 1790. The molecule has 4 rings (SSSR count). The molecule has 3 amide bonds. The Morgan fingerprint density at radius 2 is 1.69 bits per heavy atom. The van der Waals surface area contributed by atoms with Gasteiger partial charge >= 0.3 is 18.0 Å². The number of benzene rings is 1. The minimum atomic E-state index is -4.19. The number of hydrogen-bond acceptors (Lipinski definition) is 13. The smallest absolute Gasteiger partial charge is 0.413 e. The van der Waals surface area contributed by atoms with Crippen molar-refractivity contribution in [3.05, 3.63) is 58.1 Å². The number of β-lactam (4-membered cyclic amide) rings is 1. The second kappa shape index (κ2) is 14.1. The van der Waals surface area contributed by atoms with Gasteiger partial charge in [-0.05, 0) is 53.7 Å². The summed E-state index contributed by atoms with van der Waals surface area (Å²) >= 11 is 2.15. The number of amides is 3. The summed E-state index contributed by atoms with van der Waals surface area (Å²) in [6, 6.07) is 6.26. The molecule has 0 radical (unpaired) electrons. The van der Waals surface area contributed by atoms with Crippen LogP contribution in [-0.4, -0.2) is 83.1 Å². The molecule has 2 aromatic rings. The van der Waals surface area contributed by atoms with Crippen molar-refractivity contribution in [2.24, 2.45) is 0 Å². The molecule has 1 aromatic carbocycles. The van der Waals surface area contributed by atoms with Crippen molar-refractivity contribution in [2.75, 3.05) is 17.7 Å². The molecule has 17 heteroatoms. The summed E-state index contributed by atoms with van der Waals surface area (Å²) in [6.45, 7) is 11.0. The van der Waals surface area contributed by atoms with Crippen molar-refractivity contribution >= 4 is 73.5 Å². The van der Waals surface area contributed by atoms with Crippen LogP contribution in [0.2, 0.25) is 0 Å². The van der Waals surface area contributed by atoms with Crippen LogP contribution in [0.15, 0.2) is 57.3 Å². The molecule has 1 aromatic heterocycles. The number of sulfone groups is 1. The number of esters is 2. The average molecular weight is 721 g/mol. The third-order valence-corrected chi connectivity index (χ3v) is 9.93. The van der Waals surface area contributed by atoms with E-state index in [1.165, 1.54) is 53.2 Å². The number of carbonyl (C=O) groups excluding carboxylic acids is 5. The summed E-state index contributed by atoms with van der Waals surface area (Å²) in [6.07, 6.45) is -0.799. The van der Waals surface area contributed by atoms with E-state index in [4.69, 9.17) is 14.2 Å². The van der Waals surface area contributed by atoms with Gasteiger partial charge in [-0.1, -0.05) is 18.2 Å². The Kier molecular flexibility index (Phi) is 10.8. The predicted molar refractivity (Wildman–Crippen MR) is 178 cm³/mol. The molecule has 2 aliphatic rings. The third kappa shape index (κ3) is 9.02. The Labute approximate surface area is 286 Å². The Morgan fingerprint density at radius 3 is 2.29 bits per heavy atom. The van der Waals surface area contributed by atoms with E-state index in [0.29, 0.717) is 5.57 Å². The molecule has 0 spiro atoms. The molecule has 2 N–H and O–H groups in total. The topological polar surface area (TPSA) is 187 Å². The van der Waals surface area contributed by atoms with Crippen LogP contribution in [0.5, 0.6) is 0 Å². The summed E-state index contributed by atoms with van der Waals surface area (Å²) in [5.41, 5.74) is -1.88. The second-order valence-corrected chi connectivity index (χ2v) is 16.4. The highest BCUT2D eigenvalue weighted by molar-refractivity contribution is 8.00. The van der Waals surface area contributed by atoms with Gasteiger partial charge in [0, 0.05) is 23.6 Å². The zero-order chi connectivity index (χ0) is 35.6. The van der Waals surface area contributed by atoms with Gasteiger partial charge in [-0.25, -0.2) is 23.0 Å². The van der Waals surface area contributed by atoms with Crippen molar-refractivity contribution in [2.45, 2.75) is 76.0 Å². The zero-order valence-corrected chi connectivity index (χ0v) is 29.8. The first kappa shape index (κ1) is 36.6. The van der Waals surface area contributed by atoms with Gasteiger partial charge in [0.1, 0.15) is 34.9 Å². The lowest BCUT2D eigenvalue weighted by Gasteiger charge is -2.50. The average Bonchev–Trinajstić information content (AvgIpc) is 3.43. The molecule has 14 nitrogen and oxygen atoms in total.